The van der Waals surface area contributed by atoms with Gasteiger partial charge in [0.05, 0.1) is 0 Å². The van der Waals surface area contributed by atoms with Gasteiger partial charge in [-0.3, -0.25) is 4.79 Å². The van der Waals surface area contributed by atoms with Crippen LogP contribution in [0.5, 0.6) is 5.75 Å². The summed E-state index contributed by atoms with van der Waals surface area (Å²) in [7, 11) is 0. The highest BCUT2D eigenvalue weighted by Crippen LogP contribution is 2.50. The van der Waals surface area contributed by atoms with E-state index in [0.29, 0.717) is 23.9 Å². The molecular formula is C26H33NO2. The molecule has 1 saturated carbocycles. The molecule has 0 spiro atoms. The third-order valence-electron chi connectivity index (χ3n) is 7.08. The quantitative estimate of drug-likeness (QED) is 0.599. The van der Waals surface area contributed by atoms with E-state index in [2.05, 4.69) is 56.4 Å². The molecule has 0 amide bonds. The highest BCUT2D eigenvalue weighted by molar-refractivity contribution is 5.90. The zero-order valence-corrected chi connectivity index (χ0v) is 17.9. The maximum absolute atomic E-state index is 12.8. The molecule has 2 aliphatic rings. The van der Waals surface area contributed by atoms with Gasteiger partial charge in [-0.05, 0) is 86.6 Å². The van der Waals surface area contributed by atoms with E-state index in [4.69, 9.17) is 0 Å². The van der Waals surface area contributed by atoms with Gasteiger partial charge in [-0.25, -0.2) is 0 Å². The Kier molecular flexibility index (Phi) is 5.42. The summed E-state index contributed by atoms with van der Waals surface area (Å²) in [5.74, 6) is 1.16. The fraction of sp³-hybridized carbons (Fsp3) is 0.500. The molecule has 3 atom stereocenters. The van der Waals surface area contributed by atoms with Crippen molar-refractivity contribution in [1.29, 1.82) is 0 Å². The lowest BCUT2D eigenvalue weighted by atomic mass is 9.64. The van der Waals surface area contributed by atoms with Crippen LogP contribution in [-0.2, 0) is 11.2 Å². The Morgan fingerprint density at radius 1 is 1.21 bits per heavy atom. The van der Waals surface area contributed by atoms with E-state index >= 15 is 0 Å². The van der Waals surface area contributed by atoms with Crippen molar-refractivity contribution in [2.75, 3.05) is 5.32 Å². The number of carbonyl (C=O) groups is 1. The minimum atomic E-state index is -0.113. The fourth-order valence-electron chi connectivity index (χ4n) is 5.44. The first kappa shape index (κ1) is 20.0. The summed E-state index contributed by atoms with van der Waals surface area (Å²) >= 11 is 0. The van der Waals surface area contributed by atoms with Crippen molar-refractivity contribution in [3.63, 3.8) is 0 Å². The zero-order valence-electron chi connectivity index (χ0n) is 17.9. The molecule has 3 heteroatoms. The van der Waals surface area contributed by atoms with Gasteiger partial charge in [-0.1, -0.05) is 37.3 Å². The lowest BCUT2D eigenvalue weighted by Crippen LogP contribution is -2.49. The number of phenols is 1. The van der Waals surface area contributed by atoms with E-state index in [0.717, 1.165) is 48.9 Å². The van der Waals surface area contributed by atoms with E-state index in [1.807, 2.05) is 12.1 Å². The Hall–Kier alpha value is -2.29. The molecule has 3 nitrogen and oxygen atoms in total. The third kappa shape index (κ3) is 3.92. The molecule has 1 heterocycles. The lowest BCUT2D eigenvalue weighted by Gasteiger charge is -2.48. The van der Waals surface area contributed by atoms with Gasteiger partial charge in [-0.15, -0.1) is 0 Å². The molecule has 1 fully saturated rings. The summed E-state index contributed by atoms with van der Waals surface area (Å²) in [4.78, 5) is 12.8. The topological polar surface area (TPSA) is 49.3 Å². The van der Waals surface area contributed by atoms with Crippen LogP contribution in [0.2, 0.25) is 0 Å². The fourth-order valence-corrected chi connectivity index (χ4v) is 5.44. The molecular weight excluding hydrogens is 358 g/mol. The van der Waals surface area contributed by atoms with Gasteiger partial charge >= 0.3 is 0 Å². The number of anilines is 1. The molecule has 0 aromatic heterocycles. The van der Waals surface area contributed by atoms with E-state index in [9.17, 15) is 9.90 Å². The van der Waals surface area contributed by atoms with Crippen molar-refractivity contribution in [2.24, 2.45) is 5.92 Å². The Bertz CT molecular complexity index is 887. The van der Waals surface area contributed by atoms with E-state index < -0.39 is 0 Å². The first-order chi connectivity index (χ1) is 13.9. The van der Waals surface area contributed by atoms with Crippen LogP contribution >= 0.6 is 0 Å². The Morgan fingerprint density at radius 2 is 1.97 bits per heavy atom. The van der Waals surface area contributed by atoms with Crippen LogP contribution < -0.4 is 5.32 Å². The van der Waals surface area contributed by atoms with Crippen LogP contribution in [0.15, 0.2) is 42.5 Å². The van der Waals surface area contributed by atoms with Crippen LogP contribution in [-0.4, -0.2) is 16.4 Å². The molecule has 4 rings (SSSR count). The molecule has 154 valence electrons. The molecule has 0 radical (unpaired) electrons. The molecule has 1 unspecified atom stereocenters. The normalized spacial score (nSPS) is 23.6. The Balaban J connectivity index is 1.55. The second kappa shape index (κ2) is 7.85. The second-order valence-electron chi connectivity index (χ2n) is 9.57. The summed E-state index contributed by atoms with van der Waals surface area (Å²) < 4.78 is 0. The van der Waals surface area contributed by atoms with Gasteiger partial charge < -0.3 is 10.4 Å². The summed E-state index contributed by atoms with van der Waals surface area (Å²) in [6, 6.07) is 14.5. The van der Waals surface area contributed by atoms with E-state index in [-0.39, 0.29) is 17.4 Å². The van der Waals surface area contributed by atoms with Gasteiger partial charge in [0.25, 0.3) is 0 Å². The first-order valence-electron chi connectivity index (χ1n) is 11.1. The molecule has 2 N–H and O–H groups in total. The molecule has 2 aromatic carbocycles. The number of aromatic hydroxyl groups is 1. The summed E-state index contributed by atoms with van der Waals surface area (Å²) in [5.41, 5.74) is 4.27. The number of carbonyl (C=O) groups excluding carboxylic acids is 1. The highest BCUT2D eigenvalue weighted by Gasteiger charge is 2.46. The van der Waals surface area contributed by atoms with Gasteiger partial charge in [0, 0.05) is 23.6 Å². The van der Waals surface area contributed by atoms with Gasteiger partial charge in [0.15, 0.2) is 0 Å². The number of aryl methyl sites for hydroxylation is 1. The third-order valence-corrected chi connectivity index (χ3v) is 7.08. The molecule has 2 aromatic rings. The van der Waals surface area contributed by atoms with E-state index in [1.165, 1.54) is 5.56 Å². The number of hydrogen-bond acceptors (Lipinski definition) is 3. The average molecular weight is 392 g/mol. The molecule has 0 saturated heterocycles. The van der Waals surface area contributed by atoms with Gasteiger partial charge in [0.2, 0.25) is 0 Å². The summed E-state index contributed by atoms with van der Waals surface area (Å²) in [6.45, 7) is 6.61. The number of phenolic OH excluding ortho intramolecular Hbond substituents is 1. The summed E-state index contributed by atoms with van der Waals surface area (Å²) in [5, 5.41) is 14.5. The number of rotatable bonds is 5. The van der Waals surface area contributed by atoms with Crippen LogP contribution in [0.3, 0.4) is 0 Å². The van der Waals surface area contributed by atoms with Crippen molar-refractivity contribution < 1.29 is 9.90 Å². The maximum atomic E-state index is 12.8. The van der Waals surface area contributed by atoms with Crippen molar-refractivity contribution in [3.05, 3.63) is 59.2 Å². The van der Waals surface area contributed by atoms with Crippen molar-refractivity contribution >= 4 is 11.5 Å². The Labute approximate surface area is 174 Å². The van der Waals surface area contributed by atoms with Crippen LogP contribution in [0.25, 0.3) is 0 Å². The van der Waals surface area contributed by atoms with Gasteiger partial charge in [-0.2, -0.15) is 0 Å². The Morgan fingerprint density at radius 3 is 2.72 bits per heavy atom. The van der Waals surface area contributed by atoms with Crippen molar-refractivity contribution in [2.45, 2.75) is 76.7 Å². The molecule has 29 heavy (non-hydrogen) atoms. The molecule has 1 aliphatic carbocycles. The predicted octanol–water partition coefficient (Wildman–Crippen LogP) is 6.18. The highest BCUT2D eigenvalue weighted by atomic mass is 16.3. The number of hydrogen-bond donors (Lipinski definition) is 2. The molecule has 1 aliphatic heterocycles. The predicted molar refractivity (Wildman–Crippen MR) is 119 cm³/mol. The lowest BCUT2D eigenvalue weighted by molar-refractivity contribution is -0.124. The smallest absolute Gasteiger partial charge is 0.140 e. The standard InChI is InChI=1S/C26H33NO2/c1-17(9-7-12-18-10-5-4-6-11-18)19-15-22-20(16-24(19)29)25-21(26(2,3)27-22)13-8-14-23(25)28/h4-6,10-11,15-17,21,25,27,29H,7-9,12-14H2,1-3H3/t17?,21-,25-/m0/s1. The minimum absolute atomic E-state index is 0.0802. The van der Waals surface area contributed by atoms with Crippen LogP contribution in [0.1, 0.15) is 81.4 Å². The maximum Gasteiger partial charge on any atom is 0.140 e. The van der Waals surface area contributed by atoms with Crippen LogP contribution in [0.4, 0.5) is 5.69 Å². The number of Topliss-reactive ketones (excluding diaryl/α,β-unsaturated/α-hetero) is 1. The average Bonchev–Trinajstić information content (AvgIpc) is 2.69. The molecule has 0 bridgehead atoms. The SMILES string of the molecule is CC(CCCc1ccccc1)c1cc2c(cc1O)[C@@H]1C(=O)CCC[C@@H]1C(C)(C)N2. The first-order valence-corrected chi connectivity index (χ1v) is 11.1. The number of ketones is 1. The minimum Gasteiger partial charge on any atom is -0.508 e. The van der Waals surface area contributed by atoms with E-state index in [1.54, 1.807) is 0 Å². The second-order valence-corrected chi connectivity index (χ2v) is 9.57. The van der Waals surface area contributed by atoms with Crippen LogP contribution in [0, 0.1) is 5.92 Å². The van der Waals surface area contributed by atoms with Gasteiger partial charge in [0.1, 0.15) is 11.5 Å². The van der Waals surface area contributed by atoms with Crippen molar-refractivity contribution in [3.8, 4) is 5.75 Å². The van der Waals surface area contributed by atoms with Crippen molar-refractivity contribution in [1.82, 2.24) is 0 Å². The number of fused-ring (bicyclic) bond motifs is 3. The monoisotopic (exact) mass is 391 g/mol. The zero-order chi connectivity index (χ0) is 20.6. The largest absolute Gasteiger partial charge is 0.508 e. The number of benzene rings is 2. The number of nitrogens with one attached hydrogen (secondary N) is 1. The summed E-state index contributed by atoms with van der Waals surface area (Å²) in [6.07, 6.45) is 5.87.